The molecule has 3 aromatic rings. The van der Waals surface area contributed by atoms with Crippen LogP contribution in [0.4, 0.5) is 5.69 Å². The number of benzene rings is 2. The van der Waals surface area contributed by atoms with Gasteiger partial charge in [-0.05, 0) is 17.7 Å². The normalized spacial score (nSPS) is 11.2. The van der Waals surface area contributed by atoms with Crippen molar-refractivity contribution >= 4 is 28.2 Å². The molecule has 122 valence electrons. The van der Waals surface area contributed by atoms with Gasteiger partial charge in [0.2, 0.25) is 0 Å². The number of hydrogen-bond acceptors (Lipinski definition) is 3. The maximum atomic E-state index is 11.0. The molecule has 1 heterocycles. The van der Waals surface area contributed by atoms with E-state index in [1.54, 1.807) is 18.2 Å². The van der Waals surface area contributed by atoms with Crippen molar-refractivity contribution in [1.82, 2.24) is 4.57 Å². The van der Waals surface area contributed by atoms with Gasteiger partial charge in [-0.15, -0.1) is 6.58 Å². The van der Waals surface area contributed by atoms with Crippen LogP contribution in [0.3, 0.4) is 0 Å². The van der Waals surface area contributed by atoms with Gasteiger partial charge in [-0.2, -0.15) is 5.26 Å². The number of para-hydroxylation sites is 1. The van der Waals surface area contributed by atoms with Crippen LogP contribution in [0.15, 0.2) is 67.4 Å². The zero-order chi connectivity index (χ0) is 17.8. The minimum Gasteiger partial charge on any atom is -0.343 e. The monoisotopic (exact) mass is 329 g/mol. The Morgan fingerprint density at radius 1 is 1.28 bits per heavy atom. The molecule has 0 fully saturated rings. The molecule has 1 aromatic heterocycles. The Bertz CT molecular complexity index is 1040. The molecule has 0 aliphatic rings. The van der Waals surface area contributed by atoms with E-state index in [9.17, 15) is 15.4 Å². The summed E-state index contributed by atoms with van der Waals surface area (Å²) in [6.45, 7) is 4.43. The summed E-state index contributed by atoms with van der Waals surface area (Å²) in [7, 11) is 0. The first-order valence-electron chi connectivity index (χ1n) is 7.69. The molecule has 0 saturated heterocycles. The van der Waals surface area contributed by atoms with Crippen molar-refractivity contribution < 1.29 is 4.92 Å². The van der Waals surface area contributed by atoms with Crippen LogP contribution in [0.5, 0.6) is 0 Å². The predicted octanol–water partition coefficient (Wildman–Crippen LogP) is 4.80. The molecule has 5 heteroatoms. The average molecular weight is 329 g/mol. The third-order valence-electron chi connectivity index (χ3n) is 3.93. The molecule has 0 amide bonds. The third kappa shape index (κ3) is 3.19. The first kappa shape index (κ1) is 16.2. The molecular formula is C20H15N3O2. The molecule has 0 spiro atoms. The summed E-state index contributed by atoms with van der Waals surface area (Å²) >= 11 is 0. The van der Waals surface area contributed by atoms with Crippen LogP contribution in [0.1, 0.15) is 11.1 Å². The quantitative estimate of drug-likeness (QED) is 0.292. The fraction of sp³-hybridized carbons (Fsp3) is 0.0500. The fourth-order valence-corrected chi connectivity index (χ4v) is 2.80. The number of rotatable bonds is 5. The van der Waals surface area contributed by atoms with E-state index in [1.807, 2.05) is 36.5 Å². The molecule has 0 unspecified atom stereocenters. The molecule has 2 aromatic carbocycles. The van der Waals surface area contributed by atoms with E-state index in [0.29, 0.717) is 17.7 Å². The summed E-state index contributed by atoms with van der Waals surface area (Å²) in [6, 6.07) is 16.2. The molecular weight excluding hydrogens is 314 g/mol. The minimum absolute atomic E-state index is 0.0345. The second-order valence-corrected chi connectivity index (χ2v) is 5.52. The highest BCUT2D eigenvalue weighted by atomic mass is 16.6. The van der Waals surface area contributed by atoms with E-state index >= 15 is 0 Å². The van der Waals surface area contributed by atoms with Gasteiger partial charge in [0.1, 0.15) is 0 Å². The minimum atomic E-state index is -0.464. The van der Waals surface area contributed by atoms with E-state index in [4.69, 9.17) is 0 Å². The number of allylic oxidation sites excluding steroid dienone is 2. The Morgan fingerprint density at radius 2 is 2.08 bits per heavy atom. The number of nitrogens with zero attached hydrogens (tertiary/aromatic N) is 3. The number of nitro benzene ring substituents is 1. The Balaban J connectivity index is 2.14. The zero-order valence-electron chi connectivity index (χ0n) is 13.4. The van der Waals surface area contributed by atoms with Crippen LogP contribution in [-0.2, 0) is 6.54 Å². The van der Waals surface area contributed by atoms with Crippen molar-refractivity contribution in [3.8, 4) is 6.07 Å². The standard InChI is InChI=1S/C20H15N3O2/c1-2-10-22-14-17(19-8-3-4-9-20(19)22)11-16(13-21)15-6-5-7-18(12-15)23(24)25/h2-9,11-12,14H,1,10H2. The van der Waals surface area contributed by atoms with Gasteiger partial charge in [0.15, 0.2) is 0 Å². The summed E-state index contributed by atoms with van der Waals surface area (Å²) in [5, 5.41) is 21.5. The van der Waals surface area contributed by atoms with Crippen LogP contribution in [0.2, 0.25) is 0 Å². The average Bonchev–Trinajstić information content (AvgIpc) is 2.98. The van der Waals surface area contributed by atoms with Gasteiger partial charge in [-0.1, -0.05) is 36.4 Å². The lowest BCUT2D eigenvalue weighted by atomic mass is 10.0. The van der Waals surface area contributed by atoms with Crippen molar-refractivity contribution in [3.63, 3.8) is 0 Å². The molecule has 25 heavy (non-hydrogen) atoms. The first-order chi connectivity index (χ1) is 12.1. The molecule has 0 aliphatic heterocycles. The van der Waals surface area contributed by atoms with Crippen LogP contribution in [-0.4, -0.2) is 9.49 Å². The summed E-state index contributed by atoms with van der Waals surface area (Å²) in [4.78, 5) is 10.5. The number of fused-ring (bicyclic) bond motifs is 1. The molecule has 0 atom stereocenters. The van der Waals surface area contributed by atoms with Gasteiger partial charge < -0.3 is 4.57 Å². The molecule has 0 N–H and O–H groups in total. The second-order valence-electron chi connectivity index (χ2n) is 5.52. The topological polar surface area (TPSA) is 71.9 Å². The van der Waals surface area contributed by atoms with Crippen molar-refractivity contribution in [1.29, 1.82) is 5.26 Å². The number of aromatic nitrogens is 1. The first-order valence-corrected chi connectivity index (χ1v) is 7.69. The Kier molecular flexibility index (Phi) is 4.44. The van der Waals surface area contributed by atoms with Crippen molar-refractivity contribution in [2.24, 2.45) is 0 Å². The highest BCUT2D eigenvalue weighted by Crippen LogP contribution is 2.27. The van der Waals surface area contributed by atoms with E-state index in [0.717, 1.165) is 16.5 Å². The molecule has 0 saturated carbocycles. The van der Waals surface area contributed by atoms with E-state index in [2.05, 4.69) is 17.2 Å². The maximum absolute atomic E-state index is 11.0. The van der Waals surface area contributed by atoms with Crippen molar-refractivity contribution in [2.45, 2.75) is 6.54 Å². The van der Waals surface area contributed by atoms with Gasteiger partial charge in [-0.25, -0.2) is 0 Å². The van der Waals surface area contributed by atoms with Gasteiger partial charge in [-0.3, -0.25) is 10.1 Å². The van der Waals surface area contributed by atoms with Gasteiger partial charge in [0.25, 0.3) is 5.69 Å². The van der Waals surface area contributed by atoms with Crippen LogP contribution in [0, 0.1) is 21.4 Å². The summed E-state index contributed by atoms with van der Waals surface area (Å²) in [6.07, 6.45) is 5.54. The van der Waals surface area contributed by atoms with Gasteiger partial charge in [0.05, 0.1) is 16.6 Å². The maximum Gasteiger partial charge on any atom is 0.270 e. The molecule has 3 rings (SSSR count). The van der Waals surface area contributed by atoms with Gasteiger partial charge in [0, 0.05) is 41.3 Å². The largest absolute Gasteiger partial charge is 0.343 e. The Labute approximate surface area is 144 Å². The zero-order valence-corrected chi connectivity index (χ0v) is 13.4. The molecule has 0 aliphatic carbocycles. The van der Waals surface area contributed by atoms with Crippen molar-refractivity contribution in [2.75, 3.05) is 0 Å². The smallest absolute Gasteiger partial charge is 0.270 e. The SMILES string of the molecule is C=CCn1cc(C=C(C#N)c2cccc([N+](=O)[O-])c2)c2ccccc21. The van der Waals surface area contributed by atoms with Crippen LogP contribution < -0.4 is 0 Å². The Hall–Kier alpha value is -3.65. The molecule has 0 bridgehead atoms. The summed E-state index contributed by atoms with van der Waals surface area (Å²) in [5.74, 6) is 0. The number of hydrogen-bond donors (Lipinski definition) is 0. The summed E-state index contributed by atoms with van der Waals surface area (Å²) < 4.78 is 2.05. The number of nitriles is 1. The predicted molar refractivity (Wildman–Crippen MR) is 98.7 cm³/mol. The van der Waals surface area contributed by atoms with Crippen molar-refractivity contribution in [3.05, 3.63) is 88.6 Å². The highest BCUT2D eigenvalue weighted by molar-refractivity contribution is 5.98. The Morgan fingerprint density at radius 3 is 2.80 bits per heavy atom. The molecule has 5 nitrogen and oxygen atoms in total. The molecule has 0 radical (unpaired) electrons. The van der Waals surface area contributed by atoms with E-state index in [-0.39, 0.29) is 5.69 Å². The lowest BCUT2D eigenvalue weighted by molar-refractivity contribution is -0.384. The van der Waals surface area contributed by atoms with Gasteiger partial charge >= 0.3 is 0 Å². The van der Waals surface area contributed by atoms with Crippen LogP contribution >= 0.6 is 0 Å². The van der Waals surface area contributed by atoms with Crippen LogP contribution in [0.25, 0.3) is 22.6 Å². The fourth-order valence-electron chi connectivity index (χ4n) is 2.80. The summed E-state index contributed by atoms with van der Waals surface area (Å²) in [5.41, 5.74) is 2.81. The number of non-ortho nitro benzene ring substituents is 1. The van der Waals surface area contributed by atoms with E-state index < -0.39 is 4.92 Å². The van der Waals surface area contributed by atoms with E-state index in [1.165, 1.54) is 12.1 Å². The lowest BCUT2D eigenvalue weighted by Crippen LogP contribution is -1.91. The second kappa shape index (κ2) is 6.85. The highest BCUT2D eigenvalue weighted by Gasteiger charge is 2.11. The number of nitro groups is 1. The third-order valence-corrected chi connectivity index (χ3v) is 3.93. The lowest BCUT2D eigenvalue weighted by Gasteiger charge is -1.99.